The number of carbonyl (C=O) groups is 1. The predicted octanol–water partition coefficient (Wildman–Crippen LogP) is 1.73. The maximum Gasteiger partial charge on any atom is 0.243 e. The minimum atomic E-state index is -3.69. The molecule has 1 saturated heterocycles. The first-order valence-electron chi connectivity index (χ1n) is 10.3. The van der Waals surface area contributed by atoms with E-state index in [9.17, 15) is 17.6 Å². The first kappa shape index (κ1) is 21.7. The lowest BCUT2D eigenvalue weighted by atomic mass is 9.99. The van der Waals surface area contributed by atoms with Crippen LogP contribution in [0, 0.1) is 5.82 Å². The van der Waals surface area contributed by atoms with Gasteiger partial charge in [0.15, 0.2) is 0 Å². The summed E-state index contributed by atoms with van der Waals surface area (Å²) in [7, 11) is -2.05. The number of hydrogen-bond donors (Lipinski definition) is 0. The van der Waals surface area contributed by atoms with E-state index in [0.717, 1.165) is 30.8 Å². The Balaban J connectivity index is 1.33. The molecule has 31 heavy (non-hydrogen) atoms. The number of methoxy groups -OCH3 is 1. The van der Waals surface area contributed by atoms with Gasteiger partial charge in [-0.1, -0.05) is 6.07 Å². The summed E-state index contributed by atoms with van der Waals surface area (Å²) < 4.78 is 45.2. The number of sulfonamides is 1. The zero-order chi connectivity index (χ0) is 22.0. The van der Waals surface area contributed by atoms with Crippen LogP contribution in [0.2, 0.25) is 0 Å². The Morgan fingerprint density at radius 2 is 1.71 bits per heavy atom. The van der Waals surface area contributed by atoms with Crippen molar-refractivity contribution in [1.82, 2.24) is 14.1 Å². The molecular weight excluding hydrogens is 421 g/mol. The molecule has 1 amide bonds. The van der Waals surface area contributed by atoms with Crippen LogP contribution in [0.4, 0.5) is 4.39 Å². The lowest BCUT2D eigenvalue weighted by Crippen LogP contribution is -2.52. The van der Waals surface area contributed by atoms with Crippen molar-refractivity contribution in [1.29, 1.82) is 0 Å². The number of ether oxygens (including phenoxy) is 1. The lowest BCUT2D eigenvalue weighted by molar-refractivity contribution is -0.133. The van der Waals surface area contributed by atoms with Gasteiger partial charge >= 0.3 is 0 Å². The van der Waals surface area contributed by atoms with E-state index in [1.165, 1.54) is 27.6 Å². The zero-order valence-corrected chi connectivity index (χ0v) is 18.3. The highest BCUT2D eigenvalue weighted by Crippen LogP contribution is 2.24. The zero-order valence-electron chi connectivity index (χ0n) is 17.5. The van der Waals surface area contributed by atoms with Crippen molar-refractivity contribution in [3.8, 4) is 5.75 Å². The van der Waals surface area contributed by atoms with Crippen LogP contribution in [-0.4, -0.2) is 74.8 Å². The molecule has 2 aliphatic heterocycles. The Bertz CT molecular complexity index is 1050. The highest BCUT2D eigenvalue weighted by molar-refractivity contribution is 7.89. The Hall–Kier alpha value is -2.49. The number of halogens is 1. The number of nitrogens with zero attached hydrogens (tertiary/aromatic N) is 3. The maximum atomic E-state index is 13.1. The standard InChI is InChI=1S/C22H26FN3O4S/c1-30-20-5-2-17-8-9-24(15-18(17)14-20)16-22(27)25-10-12-26(13-11-25)31(28,29)21-6-3-19(23)4-7-21/h2-7,14H,8-13,15-16H2,1H3. The SMILES string of the molecule is COc1ccc2c(c1)CN(CC(=O)N1CCN(S(=O)(=O)c3ccc(F)cc3)CC1)CC2. The number of hydrogen-bond acceptors (Lipinski definition) is 5. The number of fused-ring (bicyclic) bond motifs is 1. The van der Waals surface area contributed by atoms with Gasteiger partial charge in [-0.2, -0.15) is 4.31 Å². The molecule has 2 aromatic carbocycles. The van der Waals surface area contributed by atoms with Gasteiger partial charge in [0.05, 0.1) is 18.6 Å². The van der Waals surface area contributed by atoms with Crippen LogP contribution in [0.15, 0.2) is 47.4 Å². The second-order valence-corrected chi connectivity index (χ2v) is 9.77. The molecule has 2 aliphatic rings. The third-order valence-corrected chi connectivity index (χ3v) is 7.82. The molecule has 2 heterocycles. The van der Waals surface area contributed by atoms with Crippen molar-refractivity contribution >= 4 is 15.9 Å². The molecule has 0 aromatic heterocycles. The highest BCUT2D eigenvalue weighted by atomic mass is 32.2. The summed E-state index contributed by atoms with van der Waals surface area (Å²) in [4.78, 5) is 16.7. The number of rotatable bonds is 5. The van der Waals surface area contributed by atoms with Gasteiger partial charge in [0.25, 0.3) is 0 Å². The topological polar surface area (TPSA) is 70.2 Å². The van der Waals surface area contributed by atoms with Crippen LogP contribution in [-0.2, 0) is 27.8 Å². The van der Waals surface area contributed by atoms with Crippen LogP contribution in [0.5, 0.6) is 5.75 Å². The average Bonchev–Trinajstić information content (AvgIpc) is 2.79. The van der Waals surface area contributed by atoms with Crippen molar-refractivity contribution in [2.24, 2.45) is 0 Å². The smallest absolute Gasteiger partial charge is 0.243 e. The third kappa shape index (κ3) is 4.73. The Kier molecular flexibility index (Phi) is 6.27. The highest BCUT2D eigenvalue weighted by Gasteiger charge is 2.31. The number of carbonyl (C=O) groups excluding carboxylic acids is 1. The first-order chi connectivity index (χ1) is 14.9. The molecule has 0 aliphatic carbocycles. The molecule has 1 fully saturated rings. The summed E-state index contributed by atoms with van der Waals surface area (Å²) in [5.74, 6) is 0.337. The largest absolute Gasteiger partial charge is 0.497 e. The molecule has 166 valence electrons. The van der Waals surface area contributed by atoms with Crippen LogP contribution in [0.3, 0.4) is 0 Å². The van der Waals surface area contributed by atoms with E-state index in [-0.39, 0.29) is 23.9 Å². The molecule has 9 heteroatoms. The van der Waals surface area contributed by atoms with E-state index in [4.69, 9.17) is 4.74 Å². The minimum Gasteiger partial charge on any atom is -0.497 e. The Labute approximate surface area is 182 Å². The summed E-state index contributed by atoms with van der Waals surface area (Å²) in [5.41, 5.74) is 2.46. The van der Waals surface area contributed by atoms with Gasteiger partial charge in [0.2, 0.25) is 15.9 Å². The van der Waals surface area contributed by atoms with Gasteiger partial charge in [0, 0.05) is 39.3 Å². The van der Waals surface area contributed by atoms with Crippen LogP contribution < -0.4 is 4.74 Å². The lowest BCUT2D eigenvalue weighted by Gasteiger charge is -2.36. The normalized spacial score (nSPS) is 17.9. The molecule has 0 atom stereocenters. The second-order valence-electron chi connectivity index (χ2n) is 7.83. The van der Waals surface area contributed by atoms with Gasteiger partial charge < -0.3 is 9.64 Å². The quantitative estimate of drug-likeness (QED) is 0.698. The molecule has 2 aromatic rings. The summed E-state index contributed by atoms with van der Waals surface area (Å²) in [6, 6.07) is 10.9. The summed E-state index contributed by atoms with van der Waals surface area (Å²) in [5, 5.41) is 0. The summed E-state index contributed by atoms with van der Waals surface area (Å²) in [6.07, 6.45) is 0.885. The van der Waals surface area contributed by atoms with E-state index in [1.807, 2.05) is 12.1 Å². The monoisotopic (exact) mass is 447 g/mol. The van der Waals surface area contributed by atoms with Gasteiger partial charge in [-0.3, -0.25) is 9.69 Å². The maximum absolute atomic E-state index is 13.1. The van der Waals surface area contributed by atoms with Crippen LogP contribution in [0.1, 0.15) is 11.1 Å². The third-order valence-electron chi connectivity index (χ3n) is 5.91. The van der Waals surface area contributed by atoms with Gasteiger partial charge in [-0.15, -0.1) is 0 Å². The number of amides is 1. The fourth-order valence-electron chi connectivity index (χ4n) is 4.08. The van der Waals surface area contributed by atoms with Gasteiger partial charge in [-0.05, 0) is 53.9 Å². The minimum absolute atomic E-state index is 0.00479. The molecule has 0 bridgehead atoms. The van der Waals surface area contributed by atoms with E-state index in [2.05, 4.69) is 11.0 Å². The second kappa shape index (κ2) is 8.94. The van der Waals surface area contributed by atoms with Crippen molar-refractivity contribution in [2.75, 3.05) is 46.4 Å². The molecule has 0 spiro atoms. The fourth-order valence-corrected chi connectivity index (χ4v) is 5.50. The molecule has 4 rings (SSSR count). The van der Waals surface area contributed by atoms with E-state index in [0.29, 0.717) is 26.2 Å². The molecule has 0 N–H and O–H groups in total. The van der Waals surface area contributed by atoms with Crippen molar-refractivity contribution < 1.29 is 22.3 Å². The van der Waals surface area contributed by atoms with Crippen molar-refractivity contribution in [2.45, 2.75) is 17.9 Å². The molecule has 0 unspecified atom stereocenters. The molecular formula is C22H26FN3O4S. The fraction of sp³-hybridized carbons (Fsp3) is 0.409. The Morgan fingerprint density at radius 3 is 2.39 bits per heavy atom. The number of piperazine rings is 1. The average molecular weight is 448 g/mol. The summed E-state index contributed by atoms with van der Waals surface area (Å²) in [6.45, 7) is 2.95. The first-order valence-corrected chi connectivity index (χ1v) is 11.7. The predicted molar refractivity (Wildman–Crippen MR) is 114 cm³/mol. The van der Waals surface area contributed by atoms with E-state index < -0.39 is 15.8 Å². The van der Waals surface area contributed by atoms with Gasteiger partial charge in [0.1, 0.15) is 11.6 Å². The van der Waals surface area contributed by atoms with Crippen LogP contribution >= 0.6 is 0 Å². The van der Waals surface area contributed by atoms with Crippen molar-refractivity contribution in [3.63, 3.8) is 0 Å². The molecule has 0 radical (unpaired) electrons. The van der Waals surface area contributed by atoms with E-state index in [1.54, 1.807) is 12.0 Å². The molecule has 7 nitrogen and oxygen atoms in total. The molecule has 0 saturated carbocycles. The Morgan fingerprint density at radius 1 is 1.00 bits per heavy atom. The van der Waals surface area contributed by atoms with Gasteiger partial charge in [-0.25, -0.2) is 12.8 Å². The van der Waals surface area contributed by atoms with Crippen LogP contribution in [0.25, 0.3) is 0 Å². The van der Waals surface area contributed by atoms with E-state index >= 15 is 0 Å². The van der Waals surface area contributed by atoms with Crippen molar-refractivity contribution in [3.05, 3.63) is 59.4 Å². The summed E-state index contributed by atoms with van der Waals surface area (Å²) >= 11 is 0. The number of benzene rings is 2.